The van der Waals surface area contributed by atoms with Crippen molar-refractivity contribution in [1.82, 2.24) is 9.80 Å². The van der Waals surface area contributed by atoms with Crippen LogP contribution in [0, 0.1) is 24.7 Å². The van der Waals surface area contributed by atoms with E-state index in [4.69, 9.17) is 4.74 Å². The summed E-state index contributed by atoms with van der Waals surface area (Å²) in [6.07, 6.45) is 4.90. The Morgan fingerprint density at radius 1 is 1.22 bits per heavy atom. The molecule has 2 saturated carbocycles. The lowest BCUT2D eigenvalue weighted by molar-refractivity contribution is -0.199. The average Bonchev–Trinajstić information content (AvgIpc) is 3.62. The van der Waals surface area contributed by atoms with E-state index in [2.05, 4.69) is 16.7 Å². The van der Waals surface area contributed by atoms with E-state index in [0.717, 1.165) is 48.5 Å². The number of piperidine rings is 1. The molecule has 0 radical (unpaired) electrons. The van der Waals surface area contributed by atoms with Gasteiger partial charge in [-0.3, -0.25) is 9.69 Å². The predicted octanol–water partition coefficient (Wildman–Crippen LogP) is 3.14. The number of likely N-dealkylation sites (tertiary alicyclic amines) is 1. The molecule has 1 amide bonds. The number of aromatic hydroxyl groups is 1. The second-order valence-electron chi connectivity index (χ2n) is 11.9. The molecule has 2 aliphatic heterocycles. The lowest BCUT2D eigenvalue weighted by Gasteiger charge is -2.64. The molecule has 192 valence electrons. The molecule has 0 aromatic heterocycles. The fourth-order valence-corrected chi connectivity index (χ4v) is 7.94. The topological polar surface area (TPSA) is 73.2 Å². The molecule has 3 fully saturated rings. The summed E-state index contributed by atoms with van der Waals surface area (Å²) >= 11 is 0. The zero-order valence-electron chi connectivity index (χ0n) is 21.5. The van der Waals surface area contributed by atoms with Crippen molar-refractivity contribution in [2.24, 2.45) is 5.92 Å². The molecule has 1 spiro atoms. The van der Waals surface area contributed by atoms with Crippen LogP contribution in [0.3, 0.4) is 0 Å². The number of hydrogen-bond acceptors (Lipinski definition) is 5. The molecule has 2 bridgehead atoms. The van der Waals surface area contributed by atoms with Gasteiger partial charge in [0.25, 0.3) is 5.91 Å². The quantitative estimate of drug-likeness (QED) is 0.637. The Morgan fingerprint density at radius 3 is 2.84 bits per heavy atom. The first-order valence-corrected chi connectivity index (χ1v) is 13.7. The summed E-state index contributed by atoms with van der Waals surface area (Å²) in [4.78, 5) is 17.5. The first-order chi connectivity index (χ1) is 17.8. The number of carbonyl (C=O) groups excluding carboxylic acids is 1. The molecule has 7 rings (SSSR count). The number of aryl methyl sites for hydroxylation is 1. The molecular formula is C31H34N2O4. The minimum Gasteiger partial charge on any atom is -0.504 e. The van der Waals surface area contributed by atoms with Gasteiger partial charge in [0.15, 0.2) is 11.5 Å². The first-order valence-electron chi connectivity index (χ1n) is 13.7. The smallest absolute Gasteiger partial charge is 0.298 e. The summed E-state index contributed by atoms with van der Waals surface area (Å²) in [6, 6.07) is 11.4. The Kier molecular flexibility index (Phi) is 5.00. The SMILES string of the molecule is Cc1cccc(C#CC(=O)N(C)[C@@H]2CC[C@@]3(O)[C@H]4Cc5ccc(O)c6c5[C@@]3(CCN4CC3CC3)[C@H]2O6)c1. The van der Waals surface area contributed by atoms with Gasteiger partial charge in [-0.2, -0.15) is 0 Å². The summed E-state index contributed by atoms with van der Waals surface area (Å²) in [5.41, 5.74) is 2.48. The summed E-state index contributed by atoms with van der Waals surface area (Å²) in [7, 11) is 1.80. The van der Waals surface area contributed by atoms with E-state index >= 15 is 0 Å². The van der Waals surface area contributed by atoms with Gasteiger partial charge < -0.3 is 19.8 Å². The van der Waals surface area contributed by atoms with Gasteiger partial charge in [-0.25, -0.2) is 0 Å². The number of amides is 1. The van der Waals surface area contributed by atoms with Crippen LogP contribution in [0.25, 0.3) is 0 Å². The zero-order valence-corrected chi connectivity index (χ0v) is 21.5. The Labute approximate surface area is 218 Å². The minimum atomic E-state index is -0.954. The molecule has 3 aliphatic carbocycles. The molecule has 2 heterocycles. The Bertz CT molecular complexity index is 1360. The molecule has 6 nitrogen and oxygen atoms in total. The van der Waals surface area contributed by atoms with E-state index in [-0.39, 0.29) is 23.7 Å². The Hall–Kier alpha value is -3.01. The molecule has 6 heteroatoms. The van der Waals surface area contributed by atoms with Crippen LogP contribution in [-0.2, 0) is 16.6 Å². The molecular weight excluding hydrogens is 464 g/mol. The molecule has 1 saturated heterocycles. The first kappa shape index (κ1) is 23.1. The van der Waals surface area contributed by atoms with E-state index < -0.39 is 17.1 Å². The van der Waals surface area contributed by atoms with Gasteiger partial charge in [0.2, 0.25) is 0 Å². The van der Waals surface area contributed by atoms with Gasteiger partial charge in [-0.1, -0.05) is 24.1 Å². The van der Waals surface area contributed by atoms with Crippen LogP contribution in [0.15, 0.2) is 36.4 Å². The maximum atomic E-state index is 13.3. The van der Waals surface area contributed by atoms with Crippen molar-refractivity contribution in [2.75, 3.05) is 20.1 Å². The van der Waals surface area contributed by atoms with Crippen molar-refractivity contribution in [1.29, 1.82) is 0 Å². The maximum absolute atomic E-state index is 13.3. The number of nitrogens with zero attached hydrogens (tertiary/aromatic N) is 2. The third-order valence-electron chi connectivity index (χ3n) is 9.88. The maximum Gasteiger partial charge on any atom is 0.298 e. The van der Waals surface area contributed by atoms with Crippen molar-refractivity contribution in [3.8, 4) is 23.3 Å². The normalized spacial score (nSPS) is 33.1. The number of phenolic OH excluding ortho intramolecular Hbond substituents is 1. The summed E-state index contributed by atoms with van der Waals surface area (Å²) in [5, 5.41) is 23.4. The lowest BCUT2D eigenvalue weighted by Crippen LogP contribution is -2.78. The van der Waals surface area contributed by atoms with Crippen molar-refractivity contribution >= 4 is 5.91 Å². The molecule has 2 aromatic rings. The molecule has 2 aromatic carbocycles. The van der Waals surface area contributed by atoms with Crippen LogP contribution in [0.1, 0.15) is 54.4 Å². The summed E-state index contributed by atoms with van der Waals surface area (Å²) in [6.45, 7) is 3.95. The third kappa shape index (κ3) is 3.23. The monoisotopic (exact) mass is 498 g/mol. The molecule has 0 unspecified atom stereocenters. The predicted molar refractivity (Wildman–Crippen MR) is 139 cm³/mol. The van der Waals surface area contributed by atoms with Gasteiger partial charge in [0.05, 0.1) is 17.1 Å². The second kappa shape index (κ2) is 7.99. The molecule has 5 atom stereocenters. The Morgan fingerprint density at radius 2 is 2.05 bits per heavy atom. The standard InChI is InChI=1S/C31H34N2O4/c1-19-4-3-5-20(16-19)8-11-26(35)32(2)23-12-13-31(36)25-17-22-9-10-24(34)28-27(22)30(31,29(23)37-28)14-15-33(25)18-21-6-7-21/h3-5,9-10,16,21,23,25,29,34,36H,6-7,12-15,17-18H2,1-2H3/t23-,25-,29+,30+,31-/m1/s1. The third-order valence-corrected chi connectivity index (χ3v) is 9.88. The number of rotatable bonds is 3. The highest BCUT2D eigenvalue weighted by molar-refractivity contribution is 5.94. The highest BCUT2D eigenvalue weighted by atomic mass is 16.5. The summed E-state index contributed by atoms with van der Waals surface area (Å²) in [5.74, 6) is 6.98. The van der Waals surface area contributed by atoms with Gasteiger partial charge in [-0.05, 0) is 87.2 Å². The van der Waals surface area contributed by atoms with E-state index in [1.807, 2.05) is 37.3 Å². The molecule has 5 aliphatic rings. The van der Waals surface area contributed by atoms with Crippen molar-refractivity contribution in [3.05, 3.63) is 58.7 Å². The largest absolute Gasteiger partial charge is 0.504 e. The van der Waals surface area contributed by atoms with Gasteiger partial charge >= 0.3 is 0 Å². The fourth-order valence-electron chi connectivity index (χ4n) is 7.94. The van der Waals surface area contributed by atoms with E-state index in [9.17, 15) is 15.0 Å². The number of ether oxygens (including phenoxy) is 1. The highest BCUT2D eigenvalue weighted by Crippen LogP contribution is 2.66. The van der Waals surface area contributed by atoms with Crippen molar-refractivity contribution in [2.45, 2.75) is 74.7 Å². The van der Waals surface area contributed by atoms with Gasteiger partial charge in [0.1, 0.15) is 6.10 Å². The van der Waals surface area contributed by atoms with Crippen LogP contribution in [0.4, 0.5) is 0 Å². The summed E-state index contributed by atoms with van der Waals surface area (Å²) < 4.78 is 6.60. The van der Waals surface area contributed by atoms with Gasteiger partial charge in [0, 0.05) is 36.7 Å². The average molecular weight is 499 g/mol. The van der Waals surface area contributed by atoms with Crippen LogP contribution >= 0.6 is 0 Å². The van der Waals surface area contributed by atoms with Crippen LogP contribution in [0.5, 0.6) is 11.5 Å². The number of carbonyl (C=O) groups is 1. The Balaban J connectivity index is 1.26. The number of hydrogen-bond donors (Lipinski definition) is 2. The fraction of sp³-hybridized carbons (Fsp3) is 0.516. The van der Waals surface area contributed by atoms with E-state index in [1.54, 1.807) is 18.0 Å². The molecule has 2 N–H and O–H groups in total. The zero-order chi connectivity index (χ0) is 25.5. The lowest BCUT2D eigenvalue weighted by atomic mass is 9.48. The number of aliphatic hydroxyl groups is 1. The number of benzene rings is 2. The number of phenols is 1. The van der Waals surface area contributed by atoms with Crippen LogP contribution in [0.2, 0.25) is 0 Å². The van der Waals surface area contributed by atoms with E-state index in [0.29, 0.717) is 18.6 Å². The second-order valence-corrected chi connectivity index (χ2v) is 11.9. The van der Waals surface area contributed by atoms with E-state index in [1.165, 1.54) is 18.4 Å². The van der Waals surface area contributed by atoms with Gasteiger partial charge in [-0.15, -0.1) is 0 Å². The number of likely N-dealkylation sites (N-methyl/N-ethyl adjacent to an activating group) is 1. The van der Waals surface area contributed by atoms with Crippen LogP contribution in [-0.4, -0.2) is 69.8 Å². The van der Waals surface area contributed by atoms with Crippen molar-refractivity contribution < 1.29 is 19.7 Å². The van der Waals surface area contributed by atoms with Crippen LogP contribution < -0.4 is 4.74 Å². The van der Waals surface area contributed by atoms with Crippen molar-refractivity contribution in [3.63, 3.8) is 0 Å². The minimum absolute atomic E-state index is 0.0269. The highest BCUT2D eigenvalue weighted by Gasteiger charge is 2.73. The molecule has 37 heavy (non-hydrogen) atoms.